The third-order valence-electron chi connectivity index (χ3n) is 3.06. The van der Waals surface area contributed by atoms with E-state index in [1.54, 1.807) is 19.1 Å². The summed E-state index contributed by atoms with van der Waals surface area (Å²) < 4.78 is 37.9. The highest BCUT2D eigenvalue weighted by molar-refractivity contribution is 5.87. The molecule has 0 aromatic heterocycles. The van der Waals surface area contributed by atoms with E-state index in [9.17, 15) is 18.0 Å². The van der Waals surface area contributed by atoms with Crippen molar-refractivity contribution < 1.29 is 18.0 Å². The van der Waals surface area contributed by atoms with Crippen LogP contribution in [-0.2, 0) is 4.79 Å². The molecule has 106 valence electrons. The Hall–Kier alpha value is -1.56. The van der Waals surface area contributed by atoms with Gasteiger partial charge in [-0.25, -0.2) is 0 Å². The predicted molar refractivity (Wildman–Crippen MR) is 66.4 cm³/mol. The molecule has 0 bridgehead atoms. The number of amides is 1. The van der Waals surface area contributed by atoms with Gasteiger partial charge in [-0.15, -0.1) is 0 Å². The lowest BCUT2D eigenvalue weighted by molar-refractivity contribution is -0.187. The smallest absolute Gasteiger partial charge is 0.348 e. The van der Waals surface area contributed by atoms with E-state index in [1.165, 1.54) is 0 Å². The van der Waals surface area contributed by atoms with Gasteiger partial charge >= 0.3 is 6.18 Å². The number of aryl methyl sites for hydroxylation is 1. The lowest BCUT2D eigenvalue weighted by Gasteiger charge is -2.28. The second-order valence-corrected chi connectivity index (χ2v) is 4.75. The molecule has 0 heterocycles. The van der Waals surface area contributed by atoms with Crippen molar-refractivity contribution in [2.45, 2.75) is 38.5 Å². The van der Waals surface area contributed by atoms with Crippen LogP contribution < -0.4 is 11.1 Å². The molecule has 19 heavy (non-hydrogen) atoms. The van der Waals surface area contributed by atoms with Gasteiger partial charge in [0.1, 0.15) is 0 Å². The van der Waals surface area contributed by atoms with Gasteiger partial charge in [-0.1, -0.05) is 24.3 Å². The minimum absolute atomic E-state index is 0.543. The number of hydrogen-bond donors (Lipinski definition) is 2. The quantitative estimate of drug-likeness (QED) is 0.889. The zero-order chi connectivity index (χ0) is 14.8. The Labute approximate surface area is 110 Å². The monoisotopic (exact) mass is 274 g/mol. The summed E-state index contributed by atoms with van der Waals surface area (Å²) in [5, 5.41) is 2.30. The minimum atomic E-state index is -4.79. The van der Waals surface area contributed by atoms with Crippen LogP contribution in [0.5, 0.6) is 0 Å². The maximum atomic E-state index is 12.6. The van der Waals surface area contributed by atoms with Gasteiger partial charge < -0.3 is 11.1 Å². The number of nitrogens with two attached hydrogens (primary N) is 1. The average molecular weight is 274 g/mol. The first-order valence-electron chi connectivity index (χ1n) is 5.79. The van der Waals surface area contributed by atoms with Crippen molar-refractivity contribution in [3.8, 4) is 0 Å². The summed E-state index contributed by atoms with van der Waals surface area (Å²) in [6.45, 7) is 4.10. The Bertz CT molecular complexity index is 469. The summed E-state index contributed by atoms with van der Waals surface area (Å²) in [5.74, 6) is -1.24. The SMILES string of the molecule is Cc1ccccc1C(C)NC(=O)C(C)(N)C(F)(F)F. The average Bonchev–Trinajstić information content (AvgIpc) is 2.27. The first kappa shape index (κ1) is 15.5. The van der Waals surface area contributed by atoms with Crippen LogP contribution in [-0.4, -0.2) is 17.6 Å². The van der Waals surface area contributed by atoms with Crippen LogP contribution in [0.15, 0.2) is 24.3 Å². The van der Waals surface area contributed by atoms with Crippen LogP contribution in [0, 0.1) is 6.92 Å². The van der Waals surface area contributed by atoms with Gasteiger partial charge in [0.2, 0.25) is 5.91 Å². The highest BCUT2D eigenvalue weighted by Crippen LogP contribution is 2.29. The number of carbonyl (C=O) groups excluding carboxylic acids is 1. The fraction of sp³-hybridized carbons (Fsp3) is 0.462. The van der Waals surface area contributed by atoms with Gasteiger partial charge in [-0.05, 0) is 31.9 Å². The van der Waals surface area contributed by atoms with Crippen molar-refractivity contribution in [3.63, 3.8) is 0 Å². The van der Waals surface area contributed by atoms with E-state index in [0.717, 1.165) is 11.1 Å². The maximum absolute atomic E-state index is 12.6. The lowest BCUT2D eigenvalue weighted by atomic mass is 9.99. The van der Waals surface area contributed by atoms with Crippen molar-refractivity contribution in [1.82, 2.24) is 5.32 Å². The molecule has 1 aromatic rings. The Morgan fingerprint density at radius 2 is 1.84 bits per heavy atom. The number of hydrogen-bond acceptors (Lipinski definition) is 2. The number of benzene rings is 1. The molecule has 3 N–H and O–H groups in total. The van der Waals surface area contributed by atoms with Gasteiger partial charge in [0, 0.05) is 0 Å². The highest BCUT2D eigenvalue weighted by Gasteiger charge is 2.54. The van der Waals surface area contributed by atoms with E-state index in [0.29, 0.717) is 6.92 Å². The Morgan fingerprint density at radius 3 is 2.32 bits per heavy atom. The molecule has 0 aliphatic carbocycles. The summed E-state index contributed by atoms with van der Waals surface area (Å²) in [6.07, 6.45) is -4.79. The molecule has 2 atom stereocenters. The molecule has 6 heteroatoms. The lowest BCUT2D eigenvalue weighted by Crippen LogP contribution is -2.61. The van der Waals surface area contributed by atoms with Crippen molar-refractivity contribution in [2.24, 2.45) is 5.73 Å². The van der Waals surface area contributed by atoms with Gasteiger partial charge in [-0.3, -0.25) is 4.79 Å². The van der Waals surface area contributed by atoms with E-state index >= 15 is 0 Å². The van der Waals surface area contributed by atoms with E-state index in [-0.39, 0.29) is 0 Å². The van der Waals surface area contributed by atoms with Crippen molar-refractivity contribution in [3.05, 3.63) is 35.4 Å². The summed E-state index contributed by atoms with van der Waals surface area (Å²) in [7, 11) is 0. The molecule has 1 rings (SSSR count). The van der Waals surface area contributed by atoms with Crippen LogP contribution >= 0.6 is 0 Å². The first-order chi connectivity index (χ1) is 8.57. The van der Waals surface area contributed by atoms with Crippen LogP contribution in [0.3, 0.4) is 0 Å². The number of halogens is 3. The molecule has 2 unspecified atom stereocenters. The summed E-state index contributed by atoms with van der Waals surface area (Å²) in [5.41, 5.74) is 3.81. The number of rotatable bonds is 3. The first-order valence-corrected chi connectivity index (χ1v) is 5.79. The molecule has 0 saturated carbocycles. The third kappa shape index (κ3) is 3.26. The van der Waals surface area contributed by atoms with Crippen molar-refractivity contribution >= 4 is 5.91 Å². The topological polar surface area (TPSA) is 55.1 Å². The fourth-order valence-electron chi connectivity index (χ4n) is 1.63. The second kappa shape index (κ2) is 5.21. The summed E-state index contributed by atoms with van der Waals surface area (Å²) in [6, 6.07) is 6.61. The zero-order valence-corrected chi connectivity index (χ0v) is 11.0. The highest BCUT2D eigenvalue weighted by atomic mass is 19.4. The molecule has 0 radical (unpaired) electrons. The molecule has 0 aliphatic heterocycles. The second-order valence-electron chi connectivity index (χ2n) is 4.75. The zero-order valence-electron chi connectivity index (χ0n) is 11.0. The minimum Gasteiger partial charge on any atom is -0.348 e. The van der Waals surface area contributed by atoms with Gasteiger partial charge in [-0.2, -0.15) is 13.2 Å². The predicted octanol–water partition coefficient (Wildman–Crippen LogP) is 2.45. The standard InChI is InChI=1S/C13H17F3N2O/c1-8-6-4-5-7-10(8)9(2)18-11(19)12(3,17)13(14,15)16/h4-7,9H,17H2,1-3H3,(H,18,19). The number of carbonyl (C=O) groups is 1. The van der Waals surface area contributed by atoms with Gasteiger partial charge in [0.25, 0.3) is 0 Å². The maximum Gasteiger partial charge on any atom is 0.415 e. The molecule has 0 spiro atoms. The Morgan fingerprint density at radius 1 is 1.32 bits per heavy atom. The molecule has 0 aliphatic rings. The van der Waals surface area contributed by atoms with E-state index < -0.39 is 23.7 Å². The number of alkyl halides is 3. The summed E-state index contributed by atoms with van der Waals surface area (Å²) >= 11 is 0. The van der Waals surface area contributed by atoms with Crippen molar-refractivity contribution in [1.29, 1.82) is 0 Å². The molecule has 3 nitrogen and oxygen atoms in total. The molecular weight excluding hydrogens is 257 g/mol. The van der Waals surface area contributed by atoms with Gasteiger partial charge in [0.05, 0.1) is 6.04 Å². The largest absolute Gasteiger partial charge is 0.415 e. The van der Waals surface area contributed by atoms with E-state index in [2.05, 4.69) is 5.32 Å². The normalized spacial score (nSPS) is 16.6. The Balaban J connectivity index is 2.87. The summed E-state index contributed by atoms with van der Waals surface area (Å²) in [4.78, 5) is 11.7. The number of nitrogens with one attached hydrogen (secondary N) is 1. The fourth-order valence-corrected chi connectivity index (χ4v) is 1.63. The Kier molecular flexibility index (Phi) is 4.25. The van der Waals surface area contributed by atoms with Gasteiger partial charge in [0.15, 0.2) is 5.54 Å². The molecule has 0 fully saturated rings. The van der Waals surface area contributed by atoms with Crippen LogP contribution in [0.25, 0.3) is 0 Å². The van der Waals surface area contributed by atoms with Crippen LogP contribution in [0.4, 0.5) is 13.2 Å². The molecule has 1 aromatic carbocycles. The van der Waals surface area contributed by atoms with Crippen molar-refractivity contribution in [2.75, 3.05) is 0 Å². The van der Waals surface area contributed by atoms with E-state index in [4.69, 9.17) is 5.73 Å². The third-order valence-corrected chi connectivity index (χ3v) is 3.06. The molecule has 1 amide bonds. The van der Waals surface area contributed by atoms with Crippen LogP contribution in [0.2, 0.25) is 0 Å². The van der Waals surface area contributed by atoms with Crippen LogP contribution in [0.1, 0.15) is 31.0 Å². The van der Waals surface area contributed by atoms with E-state index in [1.807, 2.05) is 19.1 Å². The molecular formula is C13H17F3N2O. The molecule has 0 saturated heterocycles.